The van der Waals surface area contributed by atoms with Crippen LogP contribution in [0.1, 0.15) is 57.2 Å². The van der Waals surface area contributed by atoms with Crippen molar-refractivity contribution in [1.82, 2.24) is 14.6 Å². The van der Waals surface area contributed by atoms with Crippen molar-refractivity contribution in [2.24, 2.45) is 0 Å². The van der Waals surface area contributed by atoms with Crippen LogP contribution in [-0.2, 0) is 4.74 Å². The molecule has 0 aromatic carbocycles. The molecule has 2 N–H and O–H groups in total. The number of fused-ring (bicyclic) bond motifs is 1. The van der Waals surface area contributed by atoms with Gasteiger partial charge < -0.3 is 15.2 Å². The van der Waals surface area contributed by atoms with E-state index in [9.17, 15) is 9.50 Å². The number of hydrogen-bond donors (Lipinski definition) is 2. The average Bonchev–Trinajstić information content (AvgIpc) is 2.82. The van der Waals surface area contributed by atoms with Crippen molar-refractivity contribution >= 4 is 11.5 Å². The van der Waals surface area contributed by atoms with Gasteiger partial charge in [0.1, 0.15) is 5.52 Å². The van der Waals surface area contributed by atoms with Crippen LogP contribution in [0.4, 0.5) is 10.3 Å². The SMILES string of the molecule is CC(C)c1c(F)c2cnc(N[C@@H]3CCOC[C@H]3O)nn2c1C(C)C. The lowest BCUT2D eigenvalue weighted by Crippen LogP contribution is -2.42. The second kappa shape index (κ2) is 6.64. The quantitative estimate of drug-likeness (QED) is 0.898. The Labute approximate surface area is 141 Å². The third kappa shape index (κ3) is 2.98. The highest BCUT2D eigenvalue weighted by Crippen LogP contribution is 2.32. The molecule has 1 aliphatic heterocycles. The Morgan fingerprint density at radius 2 is 2.08 bits per heavy atom. The van der Waals surface area contributed by atoms with Crippen LogP contribution in [0.3, 0.4) is 0 Å². The monoisotopic (exact) mass is 336 g/mol. The van der Waals surface area contributed by atoms with E-state index in [2.05, 4.69) is 15.4 Å². The van der Waals surface area contributed by atoms with Gasteiger partial charge in [0.05, 0.1) is 30.6 Å². The predicted molar refractivity (Wildman–Crippen MR) is 90.0 cm³/mol. The summed E-state index contributed by atoms with van der Waals surface area (Å²) < 4.78 is 21.7. The van der Waals surface area contributed by atoms with Crippen molar-refractivity contribution in [2.75, 3.05) is 18.5 Å². The maximum Gasteiger partial charge on any atom is 0.241 e. The van der Waals surface area contributed by atoms with Crippen molar-refractivity contribution in [3.63, 3.8) is 0 Å². The number of nitrogens with one attached hydrogen (secondary N) is 1. The summed E-state index contributed by atoms with van der Waals surface area (Å²) in [5.74, 6) is 0.348. The number of anilines is 1. The number of ether oxygens (including phenoxy) is 1. The number of aromatic nitrogens is 3. The molecule has 3 rings (SSSR count). The molecule has 0 radical (unpaired) electrons. The summed E-state index contributed by atoms with van der Waals surface area (Å²) in [7, 11) is 0. The van der Waals surface area contributed by atoms with Crippen LogP contribution in [-0.4, -0.2) is 45.1 Å². The summed E-state index contributed by atoms with van der Waals surface area (Å²) in [6, 6.07) is -0.163. The zero-order valence-electron chi connectivity index (χ0n) is 14.6. The first-order valence-corrected chi connectivity index (χ1v) is 8.49. The lowest BCUT2D eigenvalue weighted by Gasteiger charge is -2.28. The van der Waals surface area contributed by atoms with Gasteiger partial charge in [-0.25, -0.2) is 13.9 Å². The molecule has 24 heavy (non-hydrogen) atoms. The summed E-state index contributed by atoms with van der Waals surface area (Å²) in [6.07, 6.45) is 1.58. The van der Waals surface area contributed by atoms with E-state index in [1.807, 2.05) is 27.7 Å². The number of aliphatic hydroxyl groups is 1. The zero-order chi connectivity index (χ0) is 17.4. The van der Waals surface area contributed by atoms with Crippen LogP contribution in [0.25, 0.3) is 5.52 Å². The smallest absolute Gasteiger partial charge is 0.241 e. The molecule has 0 saturated carbocycles. The molecule has 0 bridgehead atoms. The Hall–Kier alpha value is -1.73. The molecule has 1 aliphatic rings. The average molecular weight is 336 g/mol. The van der Waals surface area contributed by atoms with Crippen LogP contribution in [0, 0.1) is 5.82 Å². The number of halogens is 1. The zero-order valence-corrected chi connectivity index (χ0v) is 14.6. The van der Waals surface area contributed by atoms with Gasteiger partial charge in [-0.3, -0.25) is 0 Å². The van der Waals surface area contributed by atoms with Gasteiger partial charge in [-0.05, 0) is 18.3 Å². The first-order valence-electron chi connectivity index (χ1n) is 8.49. The summed E-state index contributed by atoms with van der Waals surface area (Å²) >= 11 is 0. The summed E-state index contributed by atoms with van der Waals surface area (Å²) in [5.41, 5.74) is 1.96. The van der Waals surface area contributed by atoms with E-state index >= 15 is 0 Å². The molecule has 1 fully saturated rings. The predicted octanol–water partition coefficient (Wildman–Crippen LogP) is 2.68. The molecule has 0 amide bonds. The number of aliphatic hydroxyl groups excluding tert-OH is 1. The first-order chi connectivity index (χ1) is 11.4. The van der Waals surface area contributed by atoms with Gasteiger partial charge >= 0.3 is 0 Å². The molecule has 132 valence electrons. The third-order valence-electron chi connectivity index (χ3n) is 4.46. The van der Waals surface area contributed by atoms with E-state index in [-0.39, 0.29) is 23.7 Å². The molecule has 1 saturated heterocycles. The van der Waals surface area contributed by atoms with Gasteiger partial charge in [0.25, 0.3) is 0 Å². The van der Waals surface area contributed by atoms with E-state index in [1.54, 1.807) is 4.52 Å². The maximum absolute atomic E-state index is 14.8. The van der Waals surface area contributed by atoms with Crippen LogP contribution < -0.4 is 5.32 Å². The summed E-state index contributed by atoms with van der Waals surface area (Å²) in [6.45, 7) is 8.91. The molecule has 0 unspecified atom stereocenters. The minimum atomic E-state index is -0.602. The van der Waals surface area contributed by atoms with Crippen LogP contribution in [0.15, 0.2) is 6.20 Å². The molecule has 2 atom stereocenters. The highest BCUT2D eigenvalue weighted by atomic mass is 19.1. The Morgan fingerprint density at radius 1 is 1.33 bits per heavy atom. The van der Waals surface area contributed by atoms with Crippen molar-refractivity contribution in [1.29, 1.82) is 0 Å². The van der Waals surface area contributed by atoms with Gasteiger partial charge in [-0.1, -0.05) is 27.7 Å². The minimum absolute atomic E-state index is 0.0674. The fourth-order valence-electron chi connectivity index (χ4n) is 3.28. The van der Waals surface area contributed by atoms with Gasteiger partial charge in [-0.15, -0.1) is 5.10 Å². The standard InChI is InChI=1S/C17H25FN4O2/c1-9(2)14-15(18)12-7-19-17(21-22(12)16(14)10(3)4)20-11-5-6-24-8-13(11)23/h7,9-11,13,23H,5-6,8H2,1-4H3,(H,20,21)/t11-,13-/m1/s1. The second-order valence-corrected chi connectivity index (χ2v) is 6.98. The van der Waals surface area contributed by atoms with Crippen LogP contribution in [0.2, 0.25) is 0 Å². The lowest BCUT2D eigenvalue weighted by atomic mass is 9.97. The van der Waals surface area contributed by atoms with Crippen molar-refractivity contribution in [3.05, 3.63) is 23.3 Å². The van der Waals surface area contributed by atoms with E-state index in [4.69, 9.17) is 4.74 Å². The Bertz CT molecular complexity index is 729. The van der Waals surface area contributed by atoms with Crippen LogP contribution in [0.5, 0.6) is 0 Å². The molecular formula is C17H25FN4O2. The van der Waals surface area contributed by atoms with Crippen molar-refractivity contribution < 1.29 is 14.2 Å². The summed E-state index contributed by atoms with van der Waals surface area (Å²) in [5, 5.41) is 17.6. The fraction of sp³-hybridized carbons (Fsp3) is 0.647. The highest BCUT2D eigenvalue weighted by Gasteiger charge is 2.26. The van der Waals surface area contributed by atoms with Gasteiger partial charge in [0.15, 0.2) is 5.82 Å². The van der Waals surface area contributed by atoms with Crippen molar-refractivity contribution in [2.45, 2.75) is 58.1 Å². The number of nitrogens with zero attached hydrogens (tertiary/aromatic N) is 3. The molecule has 3 heterocycles. The van der Waals surface area contributed by atoms with Crippen LogP contribution >= 0.6 is 0 Å². The van der Waals surface area contributed by atoms with Gasteiger partial charge in [0.2, 0.25) is 5.95 Å². The lowest BCUT2D eigenvalue weighted by molar-refractivity contribution is -0.0136. The first kappa shape index (κ1) is 17.1. The highest BCUT2D eigenvalue weighted by molar-refractivity contribution is 5.55. The van der Waals surface area contributed by atoms with E-state index in [0.717, 1.165) is 5.69 Å². The Kier molecular flexibility index (Phi) is 4.73. The summed E-state index contributed by atoms with van der Waals surface area (Å²) in [4.78, 5) is 4.23. The van der Waals surface area contributed by atoms with Gasteiger partial charge in [0, 0.05) is 12.2 Å². The Morgan fingerprint density at radius 3 is 2.71 bits per heavy atom. The molecular weight excluding hydrogens is 311 g/mol. The molecule has 6 nitrogen and oxygen atoms in total. The fourth-order valence-corrected chi connectivity index (χ4v) is 3.28. The largest absolute Gasteiger partial charge is 0.389 e. The molecule has 2 aromatic heterocycles. The van der Waals surface area contributed by atoms with Gasteiger partial charge in [-0.2, -0.15) is 0 Å². The van der Waals surface area contributed by atoms with E-state index in [1.165, 1.54) is 6.20 Å². The third-order valence-corrected chi connectivity index (χ3v) is 4.46. The number of rotatable bonds is 4. The minimum Gasteiger partial charge on any atom is -0.389 e. The normalized spacial score (nSPS) is 21.8. The van der Waals surface area contributed by atoms with E-state index in [0.29, 0.717) is 36.7 Å². The molecule has 0 spiro atoms. The van der Waals surface area contributed by atoms with E-state index < -0.39 is 6.10 Å². The number of hydrogen-bond acceptors (Lipinski definition) is 5. The molecule has 2 aromatic rings. The molecule has 7 heteroatoms. The van der Waals surface area contributed by atoms with Crippen molar-refractivity contribution in [3.8, 4) is 0 Å². The second-order valence-electron chi connectivity index (χ2n) is 6.98. The topological polar surface area (TPSA) is 71.7 Å². The molecule has 0 aliphatic carbocycles. The maximum atomic E-state index is 14.8. The Balaban J connectivity index is 2.02.